The Kier molecular flexibility index (Phi) is 5.10. The summed E-state index contributed by atoms with van der Waals surface area (Å²) in [6, 6.07) is 7.70. The van der Waals surface area contributed by atoms with Crippen molar-refractivity contribution >= 4 is 11.6 Å². The minimum Gasteiger partial charge on any atom is -0.466 e. The summed E-state index contributed by atoms with van der Waals surface area (Å²) in [4.78, 5) is 12.0. The van der Waals surface area contributed by atoms with Gasteiger partial charge in [-0.1, -0.05) is 12.1 Å². The molecule has 1 amide bonds. The summed E-state index contributed by atoms with van der Waals surface area (Å²) < 4.78 is 34.0. The molecule has 2 aromatic rings. The fourth-order valence-electron chi connectivity index (χ4n) is 2.01. The molecule has 0 aliphatic carbocycles. The summed E-state index contributed by atoms with van der Waals surface area (Å²) in [6.45, 7) is 2.18. The minimum absolute atomic E-state index is 0.0275. The summed E-state index contributed by atoms with van der Waals surface area (Å²) >= 11 is 0. The van der Waals surface area contributed by atoms with Crippen molar-refractivity contribution in [3.63, 3.8) is 0 Å². The first kappa shape index (κ1) is 16.7. The maximum atomic E-state index is 12.2. The topological polar surface area (TPSA) is 63.8 Å². The first-order valence-corrected chi connectivity index (χ1v) is 6.83. The van der Waals surface area contributed by atoms with Crippen molar-refractivity contribution in [3.8, 4) is 5.75 Å². The number of halogens is 2. The standard InChI is InChI=1S/C16H16F2N2O3/c1-9-7-14(11(3)22-9)15(21)20-19-10(2)12-5-4-6-13(8-12)23-16(17)18/h4-8,16H,1-3H3,(H,20,21)/b19-10-. The molecule has 23 heavy (non-hydrogen) atoms. The van der Waals surface area contributed by atoms with E-state index in [0.717, 1.165) is 0 Å². The van der Waals surface area contributed by atoms with Crippen LogP contribution in [0.1, 0.15) is 34.4 Å². The van der Waals surface area contributed by atoms with Crippen molar-refractivity contribution in [3.05, 3.63) is 53.0 Å². The van der Waals surface area contributed by atoms with Gasteiger partial charge in [-0.25, -0.2) is 5.43 Å². The van der Waals surface area contributed by atoms with Crippen molar-refractivity contribution in [2.24, 2.45) is 5.10 Å². The average Bonchev–Trinajstić information content (AvgIpc) is 2.83. The van der Waals surface area contributed by atoms with Gasteiger partial charge in [0.1, 0.15) is 17.3 Å². The lowest BCUT2D eigenvalue weighted by molar-refractivity contribution is -0.0498. The number of carbonyl (C=O) groups excluding carboxylic acids is 1. The third kappa shape index (κ3) is 4.38. The van der Waals surface area contributed by atoms with E-state index in [1.165, 1.54) is 12.1 Å². The predicted molar refractivity (Wildman–Crippen MR) is 80.9 cm³/mol. The largest absolute Gasteiger partial charge is 0.466 e. The molecule has 2 rings (SSSR count). The molecule has 0 fully saturated rings. The van der Waals surface area contributed by atoms with Crippen LogP contribution in [0.25, 0.3) is 0 Å². The first-order valence-electron chi connectivity index (χ1n) is 6.83. The summed E-state index contributed by atoms with van der Waals surface area (Å²) in [5.41, 5.74) is 3.82. The Hall–Kier alpha value is -2.70. The highest BCUT2D eigenvalue weighted by Crippen LogP contribution is 2.17. The molecule has 0 saturated carbocycles. The number of nitrogens with zero attached hydrogens (tertiary/aromatic N) is 1. The maximum absolute atomic E-state index is 12.2. The SMILES string of the molecule is C/C(=N/NC(=O)c1cc(C)oc1C)c1cccc(OC(F)F)c1. The normalized spacial score (nSPS) is 11.7. The summed E-state index contributed by atoms with van der Waals surface area (Å²) in [5.74, 6) is 0.753. The number of benzene rings is 1. The third-order valence-corrected chi connectivity index (χ3v) is 3.09. The lowest BCUT2D eigenvalue weighted by Gasteiger charge is -2.07. The zero-order valence-corrected chi connectivity index (χ0v) is 12.9. The molecule has 7 heteroatoms. The van der Waals surface area contributed by atoms with Gasteiger partial charge in [0.2, 0.25) is 0 Å². The highest BCUT2D eigenvalue weighted by Gasteiger charge is 2.13. The van der Waals surface area contributed by atoms with E-state index < -0.39 is 12.5 Å². The van der Waals surface area contributed by atoms with E-state index in [9.17, 15) is 13.6 Å². The number of hydrogen-bond donors (Lipinski definition) is 1. The number of ether oxygens (including phenoxy) is 1. The van der Waals surface area contributed by atoms with Gasteiger partial charge in [0.05, 0.1) is 11.3 Å². The van der Waals surface area contributed by atoms with Crippen molar-refractivity contribution in [1.82, 2.24) is 5.43 Å². The van der Waals surface area contributed by atoms with Crippen LogP contribution in [0.4, 0.5) is 8.78 Å². The molecule has 0 unspecified atom stereocenters. The van der Waals surface area contributed by atoms with Gasteiger partial charge >= 0.3 is 6.61 Å². The summed E-state index contributed by atoms with van der Waals surface area (Å²) in [7, 11) is 0. The molecule has 122 valence electrons. The lowest BCUT2D eigenvalue weighted by Crippen LogP contribution is -2.19. The molecule has 0 bridgehead atoms. The smallest absolute Gasteiger partial charge is 0.387 e. The first-order chi connectivity index (χ1) is 10.9. The van der Waals surface area contributed by atoms with Crippen molar-refractivity contribution in [1.29, 1.82) is 0 Å². The Morgan fingerprint density at radius 1 is 1.30 bits per heavy atom. The van der Waals surface area contributed by atoms with Gasteiger partial charge in [0.25, 0.3) is 5.91 Å². The van der Waals surface area contributed by atoms with Crippen LogP contribution in [-0.4, -0.2) is 18.2 Å². The fourth-order valence-corrected chi connectivity index (χ4v) is 2.01. The number of furan rings is 1. The molecule has 1 aromatic heterocycles. The molecule has 1 heterocycles. The second-order valence-corrected chi connectivity index (χ2v) is 4.87. The van der Waals surface area contributed by atoms with E-state index >= 15 is 0 Å². The molecule has 0 saturated heterocycles. The van der Waals surface area contributed by atoms with Crippen LogP contribution in [0, 0.1) is 13.8 Å². The van der Waals surface area contributed by atoms with E-state index in [-0.39, 0.29) is 5.75 Å². The monoisotopic (exact) mass is 322 g/mol. The highest BCUT2D eigenvalue weighted by molar-refractivity contribution is 6.01. The Morgan fingerprint density at radius 3 is 2.65 bits per heavy atom. The number of hydrazone groups is 1. The number of aryl methyl sites for hydroxylation is 2. The van der Waals surface area contributed by atoms with Gasteiger partial charge in [-0.15, -0.1) is 0 Å². The number of alkyl halides is 2. The maximum Gasteiger partial charge on any atom is 0.387 e. The van der Waals surface area contributed by atoms with Crippen LogP contribution in [0.3, 0.4) is 0 Å². The number of amides is 1. The molecule has 1 aromatic carbocycles. The Bertz CT molecular complexity index is 739. The van der Waals surface area contributed by atoms with E-state index in [1.54, 1.807) is 39.0 Å². The molecule has 0 spiro atoms. The lowest BCUT2D eigenvalue weighted by atomic mass is 10.1. The minimum atomic E-state index is -2.89. The summed E-state index contributed by atoms with van der Waals surface area (Å²) in [6.07, 6.45) is 0. The predicted octanol–water partition coefficient (Wildman–Crippen LogP) is 3.65. The molecular weight excluding hydrogens is 306 g/mol. The van der Waals surface area contributed by atoms with E-state index in [4.69, 9.17) is 4.42 Å². The molecule has 0 aliphatic heterocycles. The highest BCUT2D eigenvalue weighted by atomic mass is 19.3. The Morgan fingerprint density at radius 2 is 2.04 bits per heavy atom. The summed E-state index contributed by atoms with van der Waals surface area (Å²) in [5, 5.41) is 3.97. The quantitative estimate of drug-likeness (QED) is 0.675. The third-order valence-electron chi connectivity index (χ3n) is 3.09. The number of hydrogen-bond acceptors (Lipinski definition) is 4. The molecule has 0 atom stereocenters. The van der Waals surface area contributed by atoms with Crippen molar-refractivity contribution < 1.29 is 22.7 Å². The average molecular weight is 322 g/mol. The second kappa shape index (κ2) is 7.04. The number of nitrogens with one attached hydrogen (secondary N) is 1. The van der Waals surface area contributed by atoms with Crippen LogP contribution in [0.2, 0.25) is 0 Å². The van der Waals surface area contributed by atoms with Crippen LogP contribution in [0.15, 0.2) is 39.9 Å². The van der Waals surface area contributed by atoms with Crippen LogP contribution in [-0.2, 0) is 0 Å². The van der Waals surface area contributed by atoms with Crippen LogP contribution in [0.5, 0.6) is 5.75 Å². The molecular formula is C16H16F2N2O3. The number of carbonyl (C=O) groups is 1. The second-order valence-electron chi connectivity index (χ2n) is 4.87. The van der Waals surface area contributed by atoms with Crippen LogP contribution < -0.4 is 10.2 Å². The van der Waals surface area contributed by atoms with E-state index in [1.807, 2.05) is 0 Å². The number of rotatable bonds is 5. The van der Waals surface area contributed by atoms with Crippen LogP contribution >= 0.6 is 0 Å². The van der Waals surface area contributed by atoms with E-state index in [0.29, 0.717) is 28.4 Å². The van der Waals surface area contributed by atoms with Crippen molar-refractivity contribution in [2.45, 2.75) is 27.4 Å². The zero-order chi connectivity index (χ0) is 17.0. The van der Waals surface area contributed by atoms with Gasteiger partial charge in [-0.3, -0.25) is 4.79 Å². The molecule has 0 radical (unpaired) electrons. The van der Waals surface area contributed by atoms with Gasteiger partial charge in [-0.2, -0.15) is 13.9 Å². The van der Waals surface area contributed by atoms with Gasteiger partial charge in [0, 0.05) is 5.56 Å². The Balaban J connectivity index is 2.10. The Labute approximate surface area is 131 Å². The molecule has 0 aliphatic rings. The fraction of sp³-hybridized carbons (Fsp3) is 0.250. The van der Waals surface area contributed by atoms with Crippen molar-refractivity contribution in [2.75, 3.05) is 0 Å². The molecule has 5 nitrogen and oxygen atoms in total. The van der Waals surface area contributed by atoms with Gasteiger partial charge in [0.15, 0.2) is 0 Å². The van der Waals surface area contributed by atoms with E-state index in [2.05, 4.69) is 15.3 Å². The van der Waals surface area contributed by atoms with Gasteiger partial charge < -0.3 is 9.15 Å². The zero-order valence-electron chi connectivity index (χ0n) is 12.9. The van der Waals surface area contributed by atoms with Gasteiger partial charge in [-0.05, 0) is 39.0 Å². The molecule has 1 N–H and O–H groups in total.